The van der Waals surface area contributed by atoms with E-state index in [1.807, 2.05) is 19.1 Å². The van der Waals surface area contributed by atoms with Crippen molar-refractivity contribution < 1.29 is 18.7 Å². The van der Waals surface area contributed by atoms with E-state index in [1.165, 1.54) is 30.5 Å². The van der Waals surface area contributed by atoms with Crippen molar-refractivity contribution in [1.82, 2.24) is 10.3 Å². The number of nitrogens with zero attached hydrogens (tertiary/aromatic N) is 1. The third kappa shape index (κ3) is 6.75. The van der Waals surface area contributed by atoms with Crippen LogP contribution in [0.15, 0.2) is 71.5 Å². The number of hydrogen-bond acceptors (Lipinski definition) is 4. The van der Waals surface area contributed by atoms with E-state index in [0.717, 1.165) is 10.0 Å². The van der Waals surface area contributed by atoms with Crippen LogP contribution in [-0.2, 0) is 9.59 Å². The molecule has 0 aliphatic carbocycles. The van der Waals surface area contributed by atoms with Crippen molar-refractivity contribution in [3.63, 3.8) is 0 Å². The summed E-state index contributed by atoms with van der Waals surface area (Å²) >= 11 is 3.36. The number of halogens is 2. The van der Waals surface area contributed by atoms with Crippen molar-refractivity contribution in [2.24, 2.45) is 0 Å². The van der Waals surface area contributed by atoms with Gasteiger partial charge >= 0.3 is 0 Å². The van der Waals surface area contributed by atoms with Gasteiger partial charge in [0.25, 0.3) is 0 Å². The average Bonchev–Trinajstić information content (AvgIpc) is 2.75. The third-order valence-electron chi connectivity index (χ3n) is 4.13. The quantitative estimate of drug-likeness (QED) is 0.470. The number of aromatic nitrogens is 1. The molecule has 2 aromatic carbocycles. The standard InChI is InChI=1S/C23H19BrFN3O3/c1-15-11-17(24)6-7-20(15)28-23(30)14-27-22(29)9-5-16-4-8-21(19(25)12-16)31-18-3-2-10-26-13-18/h2-13H,14H2,1H3,(H,27,29)(H,28,30)/b9-5+. The number of amides is 2. The van der Waals surface area contributed by atoms with Crippen LogP contribution < -0.4 is 15.4 Å². The van der Waals surface area contributed by atoms with Gasteiger partial charge in [0, 0.05) is 22.4 Å². The van der Waals surface area contributed by atoms with Gasteiger partial charge in [-0.2, -0.15) is 0 Å². The van der Waals surface area contributed by atoms with E-state index in [0.29, 0.717) is 17.0 Å². The molecule has 2 N–H and O–H groups in total. The number of aryl methyl sites for hydroxylation is 1. The van der Waals surface area contributed by atoms with Gasteiger partial charge in [0.2, 0.25) is 11.8 Å². The van der Waals surface area contributed by atoms with Crippen molar-refractivity contribution in [1.29, 1.82) is 0 Å². The number of ether oxygens (including phenoxy) is 1. The first-order valence-electron chi connectivity index (χ1n) is 9.30. The zero-order valence-electron chi connectivity index (χ0n) is 16.6. The topological polar surface area (TPSA) is 80.3 Å². The summed E-state index contributed by atoms with van der Waals surface area (Å²) < 4.78 is 20.6. The van der Waals surface area contributed by atoms with Crippen LogP contribution in [0.4, 0.5) is 10.1 Å². The number of carbonyl (C=O) groups is 2. The monoisotopic (exact) mass is 483 g/mol. The lowest BCUT2D eigenvalue weighted by molar-refractivity contribution is -0.121. The van der Waals surface area contributed by atoms with E-state index < -0.39 is 11.7 Å². The van der Waals surface area contributed by atoms with Crippen LogP contribution in [-0.4, -0.2) is 23.3 Å². The lowest BCUT2D eigenvalue weighted by Gasteiger charge is -2.09. The molecule has 158 valence electrons. The molecule has 0 fully saturated rings. The molecule has 0 aliphatic heterocycles. The highest BCUT2D eigenvalue weighted by molar-refractivity contribution is 9.10. The second-order valence-electron chi connectivity index (χ2n) is 6.54. The first kappa shape index (κ1) is 22.2. The van der Waals surface area contributed by atoms with Gasteiger partial charge in [-0.1, -0.05) is 22.0 Å². The maximum Gasteiger partial charge on any atom is 0.244 e. The first-order chi connectivity index (χ1) is 14.9. The Labute approximate surface area is 187 Å². The number of anilines is 1. The summed E-state index contributed by atoms with van der Waals surface area (Å²) in [6.07, 6.45) is 5.75. The zero-order valence-corrected chi connectivity index (χ0v) is 18.1. The molecule has 0 unspecified atom stereocenters. The minimum atomic E-state index is -0.573. The van der Waals surface area contributed by atoms with Crippen LogP contribution in [0.3, 0.4) is 0 Å². The smallest absolute Gasteiger partial charge is 0.244 e. The lowest BCUT2D eigenvalue weighted by Crippen LogP contribution is -2.31. The van der Waals surface area contributed by atoms with E-state index in [2.05, 4.69) is 31.5 Å². The molecule has 1 aromatic heterocycles. The van der Waals surface area contributed by atoms with E-state index >= 15 is 0 Å². The van der Waals surface area contributed by atoms with Gasteiger partial charge in [0.1, 0.15) is 5.75 Å². The summed E-state index contributed by atoms with van der Waals surface area (Å²) in [7, 11) is 0. The van der Waals surface area contributed by atoms with Gasteiger partial charge in [0.05, 0.1) is 12.7 Å². The molecule has 0 saturated heterocycles. The highest BCUT2D eigenvalue weighted by Crippen LogP contribution is 2.25. The third-order valence-corrected chi connectivity index (χ3v) is 4.62. The molecule has 3 aromatic rings. The molecule has 0 aliphatic rings. The van der Waals surface area contributed by atoms with E-state index in [1.54, 1.807) is 30.5 Å². The summed E-state index contributed by atoms with van der Waals surface area (Å²) in [4.78, 5) is 27.9. The summed E-state index contributed by atoms with van der Waals surface area (Å²) in [5, 5.41) is 5.22. The van der Waals surface area contributed by atoms with Crippen molar-refractivity contribution in [2.75, 3.05) is 11.9 Å². The van der Waals surface area contributed by atoms with E-state index in [-0.39, 0.29) is 18.2 Å². The molecule has 0 saturated carbocycles. The van der Waals surface area contributed by atoms with Crippen molar-refractivity contribution in [3.05, 3.63) is 88.4 Å². The maximum atomic E-state index is 14.2. The fraction of sp³-hybridized carbons (Fsp3) is 0.0870. The zero-order chi connectivity index (χ0) is 22.2. The number of nitrogens with one attached hydrogen (secondary N) is 2. The molecular weight excluding hydrogens is 465 g/mol. The van der Waals surface area contributed by atoms with E-state index in [4.69, 9.17) is 4.74 Å². The van der Waals surface area contributed by atoms with Crippen LogP contribution in [0.25, 0.3) is 6.08 Å². The van der Waals surface area contributed by atoms with Gasteiger partial charge in [-0.3, -0.25) is 14.6 Å². The van der Waals surface area contributed by atoms with Gasteiger partial charge in [-0.15, -0.1) is 0 Å². The number of rotatable bonds is 7. The summed E-state index contributed by atoms with van der Waals surface area (Å²) in [6.45, 7) is 1.68. The lowest BCUT2D eigenvalue weighted by atomic mass is 10.2. The van der Waals surface area contributed by atoms with Gasteiger partial charge in [0.15, 0.2) is 11.6 Å². The number of hydrogen-bond donors (Lipinski definition) is 2. The minimum Gasteiger partial charge on any atom is -0.453 e. The highest BCUT2D eigenvalue weighted by Gasteiger charge is 2.08. The molecule has 8 heteroatoms. The molecule has 1 heterocycles. The average molecular weight is 484 g/mol. The predicted octanol–water partition coefficient (Wildman–Crippen LogP) is 4.85. The predicted molar refractivity (Wildman–Crippen MR) is 120 cm³/mol. The fourth-order valence-electron chi connectivity index (χ4n) is 2.60. The van der Waals surface area contributed by atoms with Crippen molar-refractivity contribution in [3.8, 4) is 11.5 Å². The SMILES string of the molecule is Cc1cc(Br)ccc1NC(=O)CNC(=O)/C=C/c1ccc(Oc2cccnc2)c(F)c1. The summed E-state index contributed by atoms with van der Waals surface area (Å²) in [5.74, 6) is -0.931. The Hall–Kier alpha value is -3.52. The molecule has 31 heavy (non-hydrogen) atoms. The Kier molecular flexibility index (Phi) is 7.50. The Morgan fingerprint density at radius 1 is 1.19 bits per heavy atom. The van der Waals surface area contributed by atoms with Crippen LogP contribution in [0, 0.1) is 12.7 Å². The largest absolute Gasteiger partial charge is 0.453 e. The van der Waals surface area contributed by atoms with Crippen LogP contribution in [0.5, 0.6) is 11.5 Å². The van der Waals surface area contributed by atoms with Crippen molar-refractivity contribution in [2.45, 2.75) is 6.92 Å². The summed E-state index contributed by atoms with van der Waals surface area (Å²) in [6, 6.07) is 13.1. The van der Waals surface area contributed by atoms with Crippen LogP contribution in [0.2, 0.25) is 0 Å². The highest BCUT2D eigenvalue weighted by atomic mass is 79.9. The van der Waals surface area contributed by atoms with Crippen LogP contribution >= 0.6 is 15.9 Å². The Morgan fingerprint density at radius 3 is 2.74 bits per heavy atom. The van der Waals surface area contributed by atoms with Gasteiger partial charge in [-0.05, 0) is 66.6 Å². The molecule has 2 amide bonds. The molecule has 0 bridgehead atoms. The Morgan fingerprint density at radius 2 is 2.03 bits per heavy atom. The van der Waals surface area contributed by atoms with E-state index in [9.17, 15) is 14.0 Å². The molecule has 3 rings (SSSR count). The number of carbonyl (C=O) groups excluding carboxylic acids is 2. The first-order valence-corrected chi connectivity index (χ1v) is 10.1. The molecule has 0 radical (unpaired) electrons. The molecule has 6 nitrogen and oxygen atoms in total. The fourth-order valence-corrected chi connectivity index (χ4v) is 3.07. The summed E-state index contributed by atoms with van der Waals surface area (Å²) in [5.41, 5.74) is 2.04. The minimum absolute atomic E-state index is 0.0505. The van der Waals surface area contributed by atoms with Crippen LogP contribution in [0.1, 0.15) is 11.1 Å². The maximum absolute atomic E-state index is 14.2. The second-order valence-corrected chi connectivity index (χ2v) is 7.45. The van der Waals surface area contributed by atoms with Gasteiger partial charge in [-0.25, -0.2) is 4.39 Å². The number of pyridine rings is 1. The van der Waals surface area contributed by atoms with Gasteiger partial charge < -0.3 is 15.4 Å². The molecular formula is C23H19BrFN3O3. The number of benzene rings is 2. The Balaban J connectivity index is 1.51. The second kappa shape index (κ2) is 10.5. The molecule has 0 spiro atoms. The normalized spacial score (nSPS) is 10.7. The van der Waals surface area contributed by atoms with Crippen molar-refractivity contribution >= 4 is 39.5 Å². The molecule has 0 atom stereocenters. The Bertz CT molecular complexity index is 1120.